The molecule has 0 spiro atoms. The predicted octanol–water partition coefficient (Wildman–Crippen LogP) is 1.55. The highest BCUT2D eigenvalue weighted by Crippen LogP contribution is 2.25. The SMILES string of the molecule is O=S(=O)(CCN1CCC[C@H](C2OCCO2)C1)c1ccccc1. The molecule has 2 fully saturated rings. The number of benzene rings is 1. The maximum atomic E-state index is 12.3. The van der Waals surface area contributed by atoms with Crippen molar-refractivity contribution in [1.82, 2.24) is 4.90 Å². The monoisotopic (exact) mass is 325 g/mol. The van der Waals surface area contributed by atoms with Crippen molar-refractivity contribution in [2.45, 2.75) is 24.0 Å². The van der Waals surface area contributed by atoms with E-state index in [0.717, 1.165) is 25.9 Å². The average Bonchev–Trinajstić information content (AvgIpc) is 3.09. The third kappa shape index (κ3) is 3.87. The first-order valence-electron chi connectivity index (χ1n) is 7.88. The highest BCUT2D eigenvalue weighted by Gasteiger charge is 2.31. The first-order valence-corrected chi connectivity index (χ1v) is 9.54. The third-order valence-electron chi connectivity index (χ3n) is 4.35. The van der Waals surface area contributed by atoms with Crippen LogP contribution in [0.4, 0.5) is 0 Å². The Hall–Kier alpha value is -0.950. The van der Waals surface area contributed by atoms with Crippen LogP contribution in [0.1, 0.15) is 12.8 Å². The van der Waals surface area contributed by atoms with Gasteiger partial charge in [0.25, 0.3) is 0 Å². The van der Waals surface area contributed by atoms with Crippen molar-refractivity contribution in [3.05, 3.63) is 30.3 Å². The molecule has 22 heavy (non-hydrogen) atoms. The lowest BCUT2D eigenvalue weighted by Crippen LogP contribution is -2.42. The molecule has 5 nitrogen and oxygen atoms in total. The molecule has 3 rings (SSSR count). The van der Waals surface area contributed by atoms with Crippen LogP contribution in [-0.4, -0.2) is 58.2 Å². The molecule has 0 aromatic heterocycles. The molecule has 0 N–H and O–H groups in total. The fourth-order valence-corrected chi connectivity index (χ4v) is 4.47. The van der Waals surface area contributed by atoms with E-state index in [4.69, 9.17) is 9.47 Å². The third-order valence-corrected chi connectivity index (χ3v) is 6.06. The zero-order valence-corrected chi connectivity index (χ0v) is 13.5. The molecule has 2 aliphatic heterocycles. The Bertz CT molecular complexity index is 569. The number of nitrogens with zero attached hydrogens (tertiary/aromatic N) is 1. The van der Waals surface area contributed by atoms with Crippen molar-refractivity contribution in [3.63, 3.8) is 0 Å². The summed E-state index contributed by atoms with van der Waals surface area (Å²) in [6.07, 6.45) is 2.06. The summed E-state index contributed by atoms with van der Waals surface area (Å²) in [6.45, 7) is 3.72. The van der Waals surface area contributed by atoms with Gasteiger partial charge in [-0.3, -0.25) is 0 Å². The van der Waals surface area contributed by atoms with E-state index in [-0.39, 0.29) is 12.0 Å². The normalized spacial score (nSPS) is 24.6. The quantitative estimate of drug-likeness (QED) is 0.822. The fourth-order valence-electron chi connectivity index (χ4n) is 3.16. The van der Waals surface area contributed by atoms with E-state index >= 15 is 0 Å². The van der Waals surface area contributed by atoms with Gasteiger partial charge in [0, 0.05) is 19.0 Å². The second-order valence-electron chi connectivity index (χ2n) is 5.94. The van der Waals surface area contributed by atoms with Gasteiger partial charge in [0.2, 0.25) is 0 Å². The highest BCUT2D eigenvalue weighted by molar-refractivity contribution is 7.91. The summed E-state index contributed by atoms with van der Waals surface area (Å²) in [4.78, 5) is 2.63. The predicted molar refractivity (Wildman–Crippen MR) is 83.4 cm³/mol. The molecule has 2 aliphatic rings. The molecule has 1 atom stereocenters. The smallest absolute Gasteiger partial charge is 0.179 e. The van der Waals surface area contributed by atoms with Gasteiger partial charge < -0.3 is 14.4 Å². The minimum Gasteiger partial charge on any atom is -0.350 e. The van der Waals surface area contributed by atoms with Crippen LogP contribution in [0.2, 0.25) is 0 Å². The molecule has 1 aromatic rings. The largest absolute Gasteiger partial charge is 0.350 e. The summed E-state index contributed by atoms with van der Waals surface area (Å²) in [6, 6.07) is 8.68. The van der Waals surface area contributed by atoms with Crippen molar-refractivity contribution in [2.75, 3.05) is 38.6 Å². The molecule has 2 saturated heterocycles. The number of hydrogen-bond donors (Lipinski definition) is 0. The van der Waals surface area contributed by atoms with E-state index in [9.17, 15) is 8.42 Å². The van der Waals surface area contributed by atoms with Gasteiger partial charge in [-0.15, -0.1) is 0 Å². The summed E-state index contributed by atoms with van der Waals surface area (Å²) in [5.74, 6) is 0.520. The molecule has 0 bridgehead atoms. The number of likely N-dealkylation sites (tertiary alicyclic amines) is 1. The molecule has 1 aromatic carbocycles. The summed E-state index contributed by atoms with van der Waals surface area (Å²) in [7, 11) is -3.20. The zero-order valence-electron chi connectivity index (χ0n) is 12.7. The minimum absolute atomic E-state index is 0.103. The second-order valence-corrected chi connectivity index (χ2v) is 8.05. The van der Waals surface area contributed by atoms with Crippen LogP contribution in [-0.2, 0) is 19.3 Å². The van der Waals surface area contributed by atoms with Gasteiger partial charge in [0.05, 0.1) is 23.9 Å². The maximum Gasteiger partial charge on any atom is 0.179 e. The van der Waals surface area contributed by atoms with Crippen LogP contribution in [0, 0.1) is 5.92 Å². The highest BCUT2D eigenvalue weighted by atomic mass is 32.2. The zero-order chi connectivity index (χ0) is 15.4. The summed E-state index contributed by atoms with van der Waals surface area (Å²) >= 11 is 0. The van der Waals surface area contributed by atoms with E-state index in [1.807, 2.05) is 6.07 Å². The minimum atomic E-state index is -3.20. The summed E-state index contributed by atoms with van der Waals surface area (Å²) < 4.78 is 35.8. The van der Waals surface area contributed by atoms with Crippen molar-refractivity contribution >= 4 is 9.84 Å². The first kappa shape index (κ1) is 15.9. The van der Waals surface area contributed by atoms with E-state index in [1.165, 1.54) is 0 Å². The number of piperidine rings is 1. The van der Waals surface area contributed by atoms with Crippen LogP contribution in [0.5, 0.6) is 0 Å². The van der Waals surface area contributed by atoms with E-state index in [2.05, 4.69) is 4.90 Å². The van der Waals surface area contributed by atoms with E-state index in [1.54, 1.807) is 24.3 Å². The number of ether oxygens (including phenoxy) is 2. The Morgan fingerprint density at radius 3 is 2.59 bits per heavy atom. The molecule has 0 unspecified atom stereocenters. The van der Waals surface area contributed by atoms with Gasteiger partial charge in [0.15, 0.2) is 16.1 Å². The molecule has 6 heteroatoms. The lowest BCUT2D eigenvalue weighted by Gasteiger charge is -2.34. The number of sulfone groups is 1. The van der Waals surface area contributed by atoms with Crippen LogP contribution < -0.4 is 0 Å². The first-order chi connectivity index (χ1) is 10.6. The maximum absolute atomic E-state index is 12.3. The fraction of sp³-hybridized carbons (Fsp3) is 0.625. The van der Waals surface area contributed by atoms with Gasteiger partial charge in [-0.2, -0.15) is 0 Å². The Kier molecular flexibility index (Phi) is 5.13. The average molecular weight is 325 g/mol. The topological polar surface area (TPSA) is 55.8 Å². The van der Waals surface area contributed by atoms with Crippen LogP contribution in [0.25, 0.3) is 0 Å². The standard InChI is InChI=1S/C16H23NO4S/c18-22(19,15-6-2-1-3-7-15)12-9-17-8-4-5-14(13-17)16-20-10-11-21-16/h1-3,6-7,14,16H,4-5,8-13H2/t14-/m0/s1. The molecule has 0 saturated carbocycles. The second kappa shape index (κ2) is 7.08. The summed E-state index contributed by atoms with van der Waals surface area (Å²) in [5, 5.41) is 0. The van der Waals surface area contributed by atoms with E-state index < -0.39 is 9.84 Å². The van der Waals surface area contributed by atoms with Crippen LogP contribution >= 0.6 is 0 Å². The van der Waals surface area contributed by atoms with Gasteiger partial charge >= 0.3 is 0 Å². The van der Waals surface area contributed by atoms with Crippen molar-refractivity contribution in [1.29, 1.82) is 0 Å². The van der Waals surface area contributed by atoms with Gasteiger partial charge in [-0.05, 0) is 31.5 Å². The lowest BCUT2D eigenvalue weighted by atomic mass is 9.97. The van der Waals surface area contributed by atoms with Gasteiger partial charge in [-0.1, -0.05) is 18.2 Å². The number of rotatable bonds is 5. The summed E-state index contributed by atoms with van der Waals surface area (Å²) in [5.41, 5.74) is 0. The Labute approximate surface area is 132 Å². The van der Waals surface area contributed by atoms with E-state index in [0.29, 0.717) is 30.6 Å². The van der Waals surface area contributed by atoms with Crippen molar-refractivity contribution < 1.29 is 17.9 Å². The molecule has 2 heterocycles. The van der Waals surface area contributed by atoms with Crippen LogP contribution in [0.15, 0.2) is 35.2 Å². The Balaban J connectivity index is 1.54. The van der Waals surface area contributed by atoms with Crippen molar-refractivity contribution in [3.8, 4) is 0 Å². The Morgan fingerprint density at radius 1 is 1.14 bits per heavy atom. The van der Waals surface area contributed by atoms with Crippen LogP contribution in [0.3, 0.4) is 0 Å². The molecular weight excluding hydrogens is 302 g/mol. The molecule has 0 amide bonds. The molecule has 0 radical (unpaired) electrons. The van der Waals surface area contributed by atoms with Gasteiger partial charge in [-0.25, -0.2) is 8.42 Å². The molecule has 122 valence electrons. The molecule has 0 aliphatic carbocycles. The Morgan fingerprint density at radius 2 is 1.86 bits per heavy atom. The lowest BCUT2D eigenvalue weighted by molar-refractivity contribution is -0.0995. The van der Waals surface area contributed by atoms with Gasteiger partial charge in [0.1, 0.15) is 0 Å². The number of hydrogen-bond acceptors (Lipinski definition) is 5. The van der Waals surface area contributed by atoms with Crippen molar-refractivity contribution in [2.24, 2.45) is 5.92 Å². The molecular formula is C16H23NO4S.